The smallest absolute Gasteiger partial charge is 0.331 e. The lowest BCUT2D eigenvalue weighted by atomic mass is 10.3. The number of hydrogen-bond acceptors (Lipinski definition) is 4. The maximum Gasteiger partial charge on any atom is 0.331 e. The number of anilines is 1. The molecular formula is C19H23N3O4. The van der Waals surface area contributed by atoms with Crippen molar-refractivity contribution in [2.75, 3.05) is 5.32 Å². The van der Waals surface area contributed by atoms with Crippen molar-refractivity contribution >= 4 is 17.6 Å². The minimum atomic E-state index is -1.03. The molecule has 0 fully saturated rings. The Labute approximate surface area is 151 Å². The van der Waals surface area contributed by atoms with Crippen LogP contribution in [-0.4, -0.2) is 27.3 Å². The van der Waals surface area contributed by atoms with Crippen LogP contribution in [0.2, 0.25) is 0 Å². The Balaban J connectivity index is 2.25. The Morgan fingerprint density at radius 3 is 2.38 bits per heavy atom. The monoisotopic (exact) mass is 357 g/mol. The van der Waals surface area contributed by atoms with E-state index in [1.807, 2.05) is 18.2 Å². The van der Waals surface area contributed by atoms with Gasteiger partial charge >= 0.3 is 5.97 Å². The lowest BCUT2D eigenvalue weighted by Crippen LogP contribution is -2.31. The van der Waals surface area contributed by atoms with Gasteiger partial charge in [0.2, 0.25) is 0 Å². The van der Waals surface area contributed by atoms with Crippen LogP contribution in [0.4, 0.5) is 5.69 Å². The van der Waals surface area contributed by atoms with Crippen molar-refractivity contribution in [2.45, 2.75) is 33.8 Å². The second-order valence-corrected chi connectivity index (χ2v) is 6.23. The number of aromatic nitrogens is 2. The summed E-state index contributed by atoms with van der Waals surface area (Å²) < 4.78 is 8.18. The van der Waals surface area contributed by atoms with Crippen LogP contribution in [0, 0.1) is 6.92 Å². The normalized spacial score (nSPS) is 11.6. The number of hydrogen-bond donors (Lipinski definition) is 1. The molecule has 1 heterocycles. The molecule has 2 rings (SSSR count). The summed E-state index contributed by atoms with van der Waals surface area (Å²) in [4.78, 5) is 36.7. The molecule has 1 aromatic heterocycles. The molecule has 0 aliphatic heterocycles. The van der Waals surface area contributed by atoms with E-state index in [-0.39, 0.29) is 11.2 Å². The fourth-order valence-electron chi connectivity index (χ4n) is 2.43. The first-order valence-corrected chi connectivity index (χ1v) is 8.22. The molecular weight excluding hydrogens is 334 g/mol. The number of carbonyl (C=O) groups excluding carboxylic acids is 2. The first-order chi connectivity index (χ1) is 12.2. The standard InChI is InChI=1S/C19H23N3O4/c1-12(2)11-16(23)26-14(4)18(24)20-17-13(3)21(5)22(19(17)25)15-9-7-6-8-10-15/h6-11,14H,1-5H3,(H,20,24)/t14-/m0/s1. The highest BCUT2D eigenvalue weighted by molar-refractivity contribution is 5.96. The van der Waals surface area contributed by atoms with Crippen molar-refractivity contribution in [3.63, 3.8) is 0 Å². The number of ether oxygens (including phenoxy) is 1. The molecule has 0 unspecified atom stereocenters. The molecule has 0 aliphatic carbocycles. The van der Waals surface area contributed by atoms with Gasteiger partial charge in [-0.1, -0.05) is 23.8 Å². The number of nitrogens with zero attached hydrogens (tertiary/aromatic N) is 2. The zero-order valence-electron chi connectivity index (χ0n) is 15.6. The molecule has 0 saturated heterocycles. The molecule has 0 saturated carbocycles. The summed E-state index contributed by atoms with van der Waals surface area (Å²) in [5.74, 6) is -1.16. The first-order valence-electron chi connectivity index (χ1n) is 8.22. The summed E-state index contributed by atoms with van der Waals surface area (Å²) >= 11 is 0. The SMILES string of the molecule is CC(C)=CC(=O)O[C@@H](C)C(=O)Nc1c(C)n(C)n(-c2ccccc2)c1=O. The minimum absolute atomic E-state index is 0.159. The van der Waals surface area contributed by atoms with Gasteiger partial charge < -0.3 is 10.1 Å². The van der Waals surface area contributed by atoms with Crippen molar-refractivity contribution < 1.29 is 14.3 Å². The molecule has 0 aliphatic rings. The van der Waals surface area contributed by atoms with Crippen LogP contribution in [-0.2, 0) is 21.4 Å². The highest BCUT2D eigenvalue weighted by atomic mass is 16.5. The molecule has 1 amide bonds. The summed E-state index contributed by atoms with van der Waals surface area (Å²) in [5.41, 5.74) is 1.85. The number of nitrogens with one attached hydrogen (secondary N) is 1. The molecule has 7 heteroatoms. The van der Waals surface area contributed by atoms with Crippen molar-refractivity contribution in [3.8, 4) is 5.69 Å². The van der Waals surface area contributed by atoms with Gasteiger partial charge in [0.25, 0.3) is 11.5 Å². The van der Waals surface area contributed by atoms with Crippen LogP contribution in [0.15, 0.2) is 46.8 Å². The van der Waals surface area contributed by atoms with Gasteiger partial charge in [0.1, 0.15) is 5.69 Å². The van der Waals surface area contributed by atoms with Crippen LogP contribution in [0.25, 0.3) is 5.69 Å². The zero-order valence-corrected chi connectivity index (χ0v) is 15.6. The lowest BCUT2D eigenvalue weighted by Gasteiger charge is -2.11. The van der Waals surface area contributed by atoms with Gasteiger partial charge in [0.05, 0.1) is 11.4 Å². The van der Waals surface area contributed by atoms with E-state index in [4.69, 9.17) is 4.74 Å². The van der Waals surface area contributed by atoms with Gasteiger partial charge in [-0.3, -0.25) is 14.3 Å². The van der Waals surface area contributed by atoms with Crippen molar-refractivity contribution in [3.05, 3.63) is 58.0 Å². The summed E-state index contributed by atoms with van der Waals surface area (Å²) in [6, 6.07) is 9.11. The fraction of sp³-hybridized carbons (Fsp3) is 0.316. The van der Waals surface area contributed by atoms with Crippen LogP contribution in [0.1, 0.15) is 26.5 Å². The highest BCUT2D eigenvalue weighted by Crippen LogP contribution is 2.14. The van der Waals surface area contributed by atoms with Gasteiger partial charge in [-0.25, -0.2) is 9.48 Å². The number of benzene rings is 1. The van der Waals surface area contributed by atoms with E-state index in [0.29, 0.717) is 11.4 Å². The lowest BCUT2D eigenvalue weighted by molar-refractivity contribution is -0.148. The van der Waals surface area contributed by atoms with Crippen molar-refractivity contribution in [1.82, 2.24) is 9.36 Å². The molecule has 7 nitrogen and oxygen atoms in total. The third-order valence-corrected chi connectivity index (χ3v) is 3.87. The summed E-state index contributed by atoms with van der Waals surface area (Å²) in [5, 5.41) is 2.58. The number of para-hydroxylation sites is 1. The molecule has 0 radical (unpaired) electrons. The fourth-order valence-corrected chi connectivity index (χ4v) is 2.43. The zero-order chi connectivity index (χ0) is 19.4. The van der Waals surface area contributed by atoms with E-state index >= 15 is 0 Å². The van der Waals surface area contributed by atoms with E-state index in [1.165, 1.54) is 17.7 Å². The van der Waals surface area contributed by atoms with E-state index in [2.05, 4.69) is 5.32 Å². The maximum atomic E-state index is 12.7. The number of rotatable bonds is 5. The Hall–Kier alpha value is -3.09. The minimum Gasteiger partial charge on any atom is -0.449 e. The first kappa shape index (κ1) is 19.2. The third-order valence-electron chi connectivity index (χ3n) is 3.87. The van der Waals surface area contributed by atoms with Gasteiger partial charge in [-0.05, 0) is 39.8 Å². The maximum absolute atomic E-state index is 12.7. The van der Waals surface area contributed by atoms with E-state index in [9.17, 15) is 14.4 Å². The average molecular weight is 357 g/mol. The molecule has 1 aromatic carbocycles. The predicted molar refractivity (Wildman–Crippen MR) is 99.4 cm³/mol. The van der Waals surface area contributed by atoms with E-state index in [1.54, 1.807) is 44.6 Å². The van der Waals surface area contributed by atoms with E-state index in [0.717, 1.165) is 5.57 Å². The van der Waals surface area contributed by atoms with Crippen LogP contribution in [0.3, 0.4) is 0 Å². The molecule has 0 spiro atoms. The number of amides is 1. The summed E-state index contributed by atoms with van der Waals surface area (Å²) in [6.07, 6.45) is 0.280. The Morgan fingerprint density at radius 1 is 1.19 bits per heavy atom. The summed E-state index contributed by atoms with van der Waals surface area (Å²) in [7, 11) is 1.73. The van der Waals surface area contributed by atoms with Gasteiger partial charge in [0, 0.05) is 13.1 Å². The second kappa shape index (κ2) is 7.86. The molecule has 2 aromatic rings. The van der Waals surface area contributed by atoms with Gasteiger partial charge in [-0.15, -0.1) is 0 Å². The van der Waals surface area contributed by atoms with Crippen LogP contribution in [0.5, 0.6) is 0 Å². The third kappa shape index (κ3) is 4.11. The quantitative estimate of drug-likeness (QED) is 0.658. The van der Waals surface area contributed by atoms with E-state index < -0.39 is 18.0 Å². The van der Waals surface area contributed by atoms with Crippen LogP contribution >= 0.6 is 0 Å². The predicted octanol–water partition coefficient (Wildman–Crippen LogP) is 2.32. The second-order valence-electron chi connectivity index (χ2n) is 6.23. The number of esters is 1. The molecule has 0 bridgehead atoms. The van der Waals surface area contributed by atoms with Crippen LogP contribution < -0.4 is 10.9 Å². The van der Waals surface area contributed by atoms with Gasteiger partial charge in [0.15, 0.2) is 6.10 Å². The van der Waals surface area contributed by atoms with Gasteiger partial charge in [-0.2, -0.15) is 0 Å². The average Bonchev–Trinajstić information content (AvgIpc) is 2.78. The topological polar surface area (TPSA) is 82.3 Å². The summed E-state index contributed by atoms with van der Waals surface area (Å²) in [6.45, 7) is 6.70. The Bertz CT molecular complexity index is 903. The molecule has 26 heavy (non-hydrogen) atoms. The molecule has 1 atom stereocenters. The van der Waals surface area contributed by atoms with Crippen molar-refractivity contribution in [1.29, 1.82) is 0 Å². The largest absolute Gasteiger partial charge is 0.449 e. The Morgan fingerprint density at radius 2 is 1.81 bits per heavy atom. The molecule has 138 valence electrons. The highest BCUT2D eigenvalue weighted by Gasteiger charge is 2.22. The number of allylic oxidation sites excluding steroid dienone is 1. The Kier molecular flexibility index (Phi) is 5.82. The van der Waals surface area contributed by atoms with Crippen molar-refractivity contribution in [2.24, 2.45) is 7.05 Å². The molecule has 1 N–H and O–H groups in total. The number of carbonyl (C=O) groups is 2.